The van der Waals surface area contributed by atoms with Gasteiger partial charge in [0.25, 0.3) is 0 Å². The van der Waals surface area contributed by atoms with Crippen LogP contribution < -0.4 is 33.2 Å². The molecule has 0 spiro atoms. The van der Waals surface area contributed by atoms with Crippen LogP contribution in [0.1, 0.15) is 21.5 Å². The van der Waals surface area contributed by atoms with Gasteiger partial charge in [0.2, 0.25) is 5.75 Å². The largest absolute Gasteiger partial charge is 0.496 e. The number of fused-ring (bicyclic) bond motifs is 1. The summed E-state index contributed by atoms with van der Waals surface area (Å²) in [6.07, 6.45) is 1.74. The van der Waals surface area contributed by atoms with Crippen LogP contribution in [0.3, 0.4) is 0 Å². The van der Waals surface area contributed by atoms with Gasteiger partial charge >= 0.3 is 5.97 Å². The topological polar surface area (TPSA) is 119 Å². The molecule has 6 aromatic rings. The standard InChI is InChI=1S/C41H36O10S2/c1-45-30-21-31(51-22-38(42)43)27(36-12-9-13-52-36)20-28(30)39(44)26(14-23-15-32(46-2)41(50-6)33(16-23)47-3)25-17-29(40(49-5)34(18-25)48-4)37-19-24-10-7-8-11-35(24)53-37/h7-21H,22H2,1-6H3,(H,42,43). The number of carboxylic acids is 1. The Morgan fingerprint density at radius 2 is 1.34 bits per heavy atom. The van der Waals surface area contributed by atoms with Gasteiger partial charge in [-0.3, -0.25) is 4.79 Å². The number of carboxylic acid groups (broad SMARTS) is 1. The van der Waals surface area contributed by atoms with Crippen molar-refractivity contribution in [1.82, 2.24) is 0 Å². The van der Waals surface area contributed by atoms with E-state index < -0.39 is 18.4 Å². The van der Waals surface area contributed by atoms with E-state index in [4.69, 9.17) is 33.2 Å². The predicted octanol–water partition coefficient (Wildman–Crippen LogP) is 9.24. The fraction of sp³-hybridized carbons (Fsp3) is 0.171. The Labute approximate surface area is 314 Å². The molecule has 0 aliphatic carbocycles. The molecule has 2 aromatic heterocycles. The number of benzene rings is 4. The van der Waals surface area contributed by atoms with Crippen molar-refractivity contribution in [3.8, 4) is 61.1 Å². The molecule has 272 valence electrons. The Kier molecular flexibility index (Phi) is 11.2. The first-order valence-electron chi connectivity index (χ1n) is 16.2. The van der Waals surface area contributed by atoms with Crippen LogP contribution in [0, 0.1) is 0 Å². The Morgan fingerprint density at radius 1 is 0.660 bits per heavy atom. The number of hydrogen-bond donors (Lipinski definition) is 1. The number of ether oxygens (including phenoxy) is 7. The summed E-state index contributed by atoms with van der Waals surface area (Å²) < 4.78 is 41.2. The van der Waals surface area contributed by atoms with E-state index in [9.17, 15) is 9.90 Å². The highest BCUT2D eigenvalue weighted by molar-refractivity contribution is 7.22. The third kappa shape index (κ3) is 7.50. The molecule has 0 atom stereocenters. The van der Waals surface area contributed by atoms with Gasteiger partial charge in [-0.15, -0.1) is 22.7 Å². The van der Waals surface area contributed by atoms with Crippen molar-refractivity contribution in [3.05, 3.63) is 101 Å². The van der Waals surface area contributed by atoms with E-state index >= 15 is 4.79 Å². The zero-order chi connectivity index (χ0) is 37.6. The van der Waals surface area contributed by atoms with Crippen molar-refractivity contribution in [3.63, 3.8) is 0 Å². The smallest absolute Gasteiger partial charge is 0.341 e. The van der Waals surface area contributed by atoms with Crippen LogP contribution in [-0.2, 0) is 4.79 Å². The number of hydrogen-bond acceptors (Lipinski definition) is 11. The molecule has 0 fully saturated rings. The van der Waals surface area contributed by atoms with Gasteiger partial charge in [-0.1, -0.05) is 24.3 Å². The molecule has 53 heavy (non-hydrogen) atoms. The van der Waals surface area contributed by atoms with Crippen molar-refractivity contribution >= 4 is 56.2 Å². The minimum atomic E-state index is -1.14. The van der Waals surface area contributed by atoms with Crippen LogP contribution in [0.5, 0.6) is 40.2 Å². The lowest BCUT2D eigenvalue weighted by molar-refractivity contribution is -0.139. The minimum absolute atomic E-state index is 0.191. The molecule has 0 amide bonds. The van der Waals surface area contributed by atoms with E-state index in [1.807, 2.05) is 41.8 Å². The van der Waals surface area contributed by atoms with Crippen molar-refractivity contribution in [1.29, 1.82) is 0 Å². The van der Waals surface area contributed by atoms with Crippen LogP contribution in [0.4, 0.5) is 0 Å². The van der Waals surface area contributed by atoms with E-state index in [-0.39, 0.29) is 22.6 Å². The minimum Gasteiger partial charge on any atom is -0.496 e. The van der Waals surface area contributed by atoms with Gasteiger partial charge in [-0.05, 0) is 76.5 Å². The average Bonchev–Trinajstić information content (AvgIpc) is 3.88. The molecule has 0 aliphatic heterocycles. The SMILES string of the molecule is COc1cc(OCC(=O)O)c(-c2cccs2)cc1C(=O)C(=Cc1cc(OC)c(OC)c(OC)c1)c1cc(OC)c(OC)c(-c2cc3ccccc3s2)c1. The second-order valence-electron chi connectivity index (χ2n) is 11.5. The highest BCUT2D eigenvalue weighted by atomic mass is 32.1. The lowest BCUT2D eigenvalue weighted by Gasteiger charge is -2.19. The van der Waals surface area contributed by atoms with Crippen molar-refractivity contribution in [2.45, 2.75) is 0 Å². The molecule has 0 saturated carbocycles. The molecule has 10 nitrogen and oxygen atoms in total. The Hall–Kier alpha value is -5.98. The van der Waals surface area contributed by atoms with Crippen molar-refractivity contribution in [2.75, 3.05) is 49.3 Å². The first-order valence-corrected chi connectivity index (χ1v) is 17.8. The zero-order valence-corrected chi connectivity index (χ0v) is 31.4. The summed E-state index contributed by atoms with van der Waals surface area (Å²) in [5.41, 5.74) is 2.87. The predicted molar refractivity (Wildman–Crippen MR) is 208 cm³/mol. The van der Waals surface area contributed by atoms with Gasteiger partial charge in [0.1, 0.15) is 11.5 Å². The highest BCUT2D eigenvalue weighted by Gasteiger charge is 2.26. The maximum atomic E-state index is 15.2. The average molecular weight is 753 g/mol. The van der Waals surface area contributed by atoms with Crippen LogP contribution in [0.25, 0.3) is 42.6 Å². The quantitative estimate of drug-likeness (QED) is 0.0618. The normalized spacial score (nSPS) is 11.2. The lowest BCUT2D eigenvalue weighted by Crippen LogP contribution is -2.11. The third-order valence-electron chi connectivity index (χ3n) is 8.41. The van der Waals surface area contributed by atoms with E-state index in [2.05, 4.69) is 12.1 Å². The fourth-order valence-corrected chi connectivity index (χ4v) is 7.81. The first-order chi connectivity index (χ1) is 25.7. The highest BCUT2D eigenvalue weighted by Crippen LogP contribution is 2.47. The molecule has 6 rings (SSSR count). The molecular weight excluding hydrogens is 717 g/mol. The van der Waals surface area contributed by atoms with Crippen LogP contribution in [0.15, 0.2) is 84.2 Å². The van der Waals surface area contributed by atoms with E-state index in [1.54, 1.807) is 62.0 Å². The van der Waals surface area contributed by atoms with Gasteiger partial charge in [0.05, 0.1) is 48.2 Å². The Balaban J connectivity index is 1.63. The van der Waals surface area contributed by atoms with E-state index in [1.165, 1.54) is 39.8 Å². The maximum Gasteiger partial charge on any atom is 0.341 e. The molecule has 0 unspecified atom stereocenters. The molecule has 0 saturated heterocycles. The fourth-order valence-electron chi connectivity index (χ4n) is 5.98. The molecule has 12 heteroatoms. The number of rotatable bonds is 15. The summed E-state index contributed by atoms with van der Waals surface area (Å²) in [7, 11) is 9.13. The summed E-state index contributed by atoms with van der Waals surface area (Å²) in [5.74, 6) is 1.06. The molecule has 0 radical (unpaired) electrons. The first kappa shape index (κ1) is 36.8. The van der Waals surface area contributed by atoms with Crippen LogP contribution in [0.2, 0.25) is 0 Å². The van der Waals surface area contributed by atoms with Gasteiger partial charge in [-0.2, -0.15) is 0 Å². The number of aliphatic carboxylic acids is 1. The van der Waals surface area contributed by atoms with Crippen LogP contribution >= 0.6 is 22.7 Å². The molecule has 1 N–H and O–H groups in total. The maximum absolute atomic E-state index is 15.2. The molecule has 4 aromatic carbocycles. The second kappa shape index (κ2) is 16.1. The monoisotopic (exact) mass is 752 g/mol. The number of thiophene rings is 2. The molecule has 2 heterocycles. The summed E-state index contributed by atoms with van der Waals surface area (Å²) in [6.45, 7) is -0.576. The molecule has 0 aliphatic rings. The number of methoxy groups -OCH3 is 6. The van der Waals surface area contributed by atoms with Gasteiger partial charge < -0.3 is 38.3 Å². The van der Waals surface area contributed by atoms with E-state index in [0.29, 0.717) is 45.4 Å². The van der Waals surface area contributed by atoms with Crippen molar-refractivity contribution in [2.24, 2.45) is 0 Å². The third-order valence-corrected chi connectivity index (χ3v) is 10.5. The molecular formula is C41H36O10S2. The Bertz CT molecular complexity index is 2260. The van der Waals surface area contributed by atoms with Gasteiger partial charge in [-0.25, -0.2) is 4.79 Å². The van der Waals surface area contributed by atoms with Gasteiger partial charge in [0, 0.05) is 37.2 Å². The Morgan fingerprint density at radius 3 is 1.94 bits per heavy atom. The van der Waals surface area contributed by atoms with E-state index in [0.717, 1.165) is 25.4 Å². The number of carbonyl (C=O) groups is 2. The number of ketones is 1. The summed E-state index contributed by atoms with van der Waals surface area (Å²) in [4.78, 5) is 28.3. The van der Waals surface area contributed by atoms with Crippen LogP contribution in [-0.4, -0.2) is 66.1 Å². The number of Topliss-reactive ketones (excluding diaryl/α,β-unsaturated/α-hetero) is 1. The summed E-state index contributed by atoms with van der Waals surface area (Å²) >= 11 is 3.02. The number of allylic oxidation sites excluding steroid dienone is 1. The number of carbonyl (C=O) groups excluding carboxylic acids is 1. The zero-order valence-electron chi connectivity index (χ0n) is 29.8. The lowest BCUT2D eigenvalue weighted by atomic mass is 9.91. The summed E-state index contributed by atoms with van der Waals surface area (Å²) in [6, 6.07) is 24.3. The van der Waals surface area contributed by atoms with Gasteiger partial charge in [0.15, 0.2) is 35.4 Å². The molecule has 0 bridgehead atoms. The van der Waals surface area contributed by atoms with Crippen molar-refractivity contribution < 1.29 is 47.9 Å². The second-order valence-corrected chi connectivity index (χ2v) is 13.5. The summed E-state index contributed by atoms with van der Waals surface area (Å²) in [5, 5.41) is 12.3.